The van der Waals surface area contributed by atoms with E-state index in [1.165, 1.54) is 16.4 Å². The number of benzene rings is 2. The molecule has 1 aliphatic rings. The Kier molecular flexibility index (Phi) is 6.80. The second-order valence-electron chi connectivity index (χ2n) is 7.22. The molecular weight excluding hydrogens is 426 g/mol. The van der Waals surface area contributed by atoms with Crippen molar-refractivity contribution in [2.24, 2.45) is 0 Å². The first kappa shape index (κ1) is 22.3. The minimum Gasteiger partial charge on any atom is -0.341 e. The molecule has 1 atom stereocenters. The van der Waals surface area contributed by atoms with Gasteiger partial charge >= 0.3 is 0 Å². The molecule has 0 spiro atoms. The van der Waals surface area contributed by atoms with Crippen molar-refractivity contribution in [1.29, 1.82) is 0 Å². The third-order valence-electron chi connectivity index (χ3n) is 5.00. The monoisotopic (exact) mass is 449 g/mol. The number of rotatable bonds is 5. The van der Waals surface area contributed by atoms with E-state index in [1.54, 1.807) is 42.2 Å². The van der Waals surface area contributed by atoms with Crippen molar-refractivity contribution in [3.05, 3.63) is 64.7 Å². The highest BCUT2D eigenvalue weighted by atomic mass is 35.5. The van der Waals surface area contributed by atoms with Crippen LogP contribution in [0.15, 0.2) is 53.4 Å². The van der Waals surface area contributed by atoms with Gasteiger partial charge in [-0.1, -0.05) is 41.4 Å². The molecule has 160 valence electrons. The van der Waals surface area contributed by atoms with Gasteiger partial charge in [0.15, 0.2) is 0 Å². The van der Waals surface area contributed by atoms with Crippen molar-refractivity contribution in [1.82, 2.24) is 14.5 Å². The summed E-state index contributed by atoms with van der Waals surface area (Å²) in [6, 6.07) is 12.7. The summed E-state index contributed by atoms with van der Waals surface area (Å²) in [6.45, 7) is 4.33. The van der Waals surface area contributed by atoms with Crippen molar-refractivity contribution in [2.75, 3.05) is 26.2 Å². The molecule has 1 aliphatic heterocycles. The number of amides is 2. The number of hydrogen-bond donors (Lipinski definition) is 1. The maximum absolute atomic E-state index is 12.8. The normalized spacial score (nSPS) is 16.2. The first-order valence-corrected chi connectivity index (χ1v) is 11.4. The van der Waals surface area contributed by atoms with E-state index in [0.29, 0.717) is 5.56 Å². The topological polar surface area (TPSA) is 86.8 Å². The van der Waals surface area contributed by atoms with Gasteiger partial charge in [-0.2, -0.15) is 4.31 Å². The zero-order chi connectivity index (χ0) is 21.9. The van der Waals surface area contributed by atoms with Crippen LogP contribution in [0.25, 0.3) is 0 Å². The van der Waals surface area contributed by atoms with Crippen LogP contribution in [-0.2, 0) is 14.8 Å². The number of sulfonamides is 1. The second-order valence-corrected chi connectivity index (χ2v) is 9.54. The standard InChI is InChI=1S/C21H24ClN3O4S/c1-15-6-5-7-17(14-15)20(26)23-16(2)21(27)24-10-12-25(13-11-24)30(28,29)19-9-4-3-8-18(19)22/h3-9,14,16H,10-13H2,1-2H3,(H,23,26). The minimum atomic E-state index is -3.73. The molecule has 2 amide bonds. The molecule has 2 aromatic rings. The summed E-state index contributed by atoms with van der Waals surface area (Å²) in [5.74, 6) is -0.565. The van der Waals surface area contributed by atoms with E-state index in [2.05, 4.69) is 5.32 Å². The molecule has 30 heavy (non-hydrogen) atoms. The van der Waals surface area contributed by atoms with E-state index in [9.17, 15) is 18.0 Å². The summed E-state index contributed by atoms with van der Waals surface area (Å²) in [5.41, 5.74) is 1.45. The number of hydrogen-bond acceptors (Lipinski definition) is 4. The number of nitrogens with zero attached hydrogens (tertiary/aromatic N) is 2. The lowest BCUT2D eigenvalue weighted by Gasteiger charge is -2.35. The largest absolute Gasteiger partial charge is 0.341 e. The molecule has 2 aromatic carbocycles. The highest BCUT2D eigenvalue weighted by Crippen LogP contribution is 2.25. The molecule has 0 radical (unpaired) electrons. The van der Waals surface area contributed by atoms with Crippen LogP contribution in [0.2, 0.25) is 5.02 Å². The molecular formula is C21H24ClN3O4S. The van der Waals surface area contributed by atoms with Gasteiger partial charge in [0, 0.05) is 31.7 Å². The minimum absolute atomic E-state index is 0.0604. The Balaban J connectivity index is 1.60. The number of piperazine rings is 1. The van der Waals surface area contributed by atoms with E-state index in [0.717, 1.165) is 5.56 Å². The maximum atomic E-state index is 12.8. The molecule has 0 aromatic heterocycles. The molecule has 9 heteroatoms. The van der Waals surface area contributed by atoms with Gasteiger partial charge in [-0.15, -0.1) is 0 Å². The van der Waals surface area contributed by atoms with E-state index in [1.807, 2.05) is 13.0 Å². The second kappa shape index (κ2) is 9.16. The summed E-state index contributed by atoms with van der Waals surface area (Å²) in [7, 11) is -3.73. The van der Waals surface area contributed by atoms with Gasteiger partial charge in [-0.05, 0) is 38.1 Å². The summed E-state index contributed by atoms with van der Waals surface area (Å²) in [6.07, 6.45) is 0. The summed E-state index contributed by atoms with van der Waals surface area (Å²) in [5, 5.41) is 2.89. The van der Waals surface area contributed by atoms with E-state index in [4.69, 9.17) is 11.6 Å². The van der Waals surface area contributed by atoms with Crippen molar-refractivity contribution in [2.45, 2.75) is 24.8 Å². The smallest absolute Gasteiger partial charge is 0.251 e. The van der Waals surface area contributed by atoms with Crippen molar-refractivity contribution in [3.8, 4) is 0 Å². The fraction of sp³-hybridized carbons (Fsp3) is 0.333. The van der Waals surface area contributed by atoms with Gasteiger partial charge in [0.05, 0.1) is 5.02 Å². The number of halogens is 1. The molecule has 3 rings (SSSR count). The number of nitrogens with one attached hydrogen (secondary N) is 1. The molecule has 0 aliphatic carbocycles. The van der Waals surface area contributed by atoms with E-state index < -0.39 is 16.1 Å². The molecule has 1 N–H and O–H groups in total. The van der Waals surface area contributed by atoms with Crippen molar-refractivity contribution >= 4 is 33.4 Å². The zero-order valence-electron chi connectivity index (χ0n) is 16.8. The van der Waals surface area contributed by atoms with Gasteiger partial charge in [0.2, 0.25) is 15.9 Å². The lowest BCUT2D eigenvalue weighted by molar-refractivity contribution is -0.134. The van der Waals surface area contributed by atoms with Crippen LogP contribution in [-0.4, -0.2) is 61.7 Å². The fourth-order valence-corrected chi connectivity index (χ4v) is 5.26. The molecule has 1 heterocycles. The Bertz CT molecular complexity index is 1050. The molecule has 1 fully saturated rings. The first-order valence-electron chi connectivity index (χ1n) is 9.61. The lowest BCUT2D eigenvalue weighted by Crippen LogP contribution is -2.55. The van der Waals surface area contributed by atoms with Gasteiger partial charge in [0.1, 0.15) is 10.9 Å². The van der Waals surface area contributed by atoms with Crippen molar-refractivity contribution < 1.29 is 18.0 Å². The summed E-state index contributed by atoms with van der Waals surface area (Å²) >= 11 is 6.05. The van der Waals surface area contributed by atoms with E-state index in [-0.39, 0.29) is 47.9 Å². The van der Waals surface area contributed by atoms with Gasteiger partial charge < -0.3 is 10.2 Å². The SMILES string of the molecule is Cc1cccc(C(=O)NC(C)C(=O)N2CCN(S(=O)(=O)c3ccccc3Cl)CC2)c1. The van der Waals surface area contributed by atoms with Crippen LogP contribution in [0.4, 0.5) is 0 Å². The predicted octanol–water partition coefficient (Wildman–Crippen LogP) is 2.30. The maximum Gasteiger partial charge on any atom is 0.251 e. The van der Waals surface area contributed by atoms with Crippen LogP contribution in [0.5, 0.6) is 0 Å². The highest BCUT2D eigenvalue weighted by Gasteiger charge is 2.32. The Hall–Kier alpha value is -2.42. The third kappa shape index (κ3) is 4.83. The average Bonchev–Trinajstić information content (AvgIpc) is 2.73. The number of carbonyl (C=O) groups excluding carboxylic acids is 2. The van der Waals surface area contributed by atoms with Crippen LogP contribution >= 0.6 is 11.6 Å². The Labute approximate surface area is 181 Å². The lowest BCUT2D eigenvalue weighted by atomic mass is 10.1. The molecule has 0 bridgehead atoms. The number of aryl methyl sites for hydroxylation is 1. The molecule has 7 nitrogen and oxygen atoms in total. The van der Waals surface area contributed by atoms with Gasteiger partial charge in [-0.3, -0.25) is 9.59 Å². The highest BCUT2D eigenvalue weighted by molar-refractivity contribution is 7.89. The van der Waals surface area contributed by atoms with Crippen LogP contribution < -0.4 is 5.32 Å². The van der Waals surface area contributed by atoms with Crippen LogP contribution in [0.1, 0.15) is 22.8 Å². The summed E-state index contributed by atoms with van der Waals surface area (Å²) in [4.78, 5) is 26.7. The van der Waals surface area contributed by atoms with Crippen molar-refractivity contribution in [3.63, 3.8) is 0 Å². The number of carbonyl (C=O) groups is 2. The van der Waals surface area contributed by atoms with Gasteiger partial charge in [-0.25, -0.2) is 8.42 Å². The predicted molar refractivity (Wildman–Crippen MR) is 115 cm³/mol. The quantitative estimate of drug-likeness (QED) is 0.758. The summed E-state index contributed by atoms with van der Waals surface area (Å²) < 4.78 is 27.0. The fourth-order valence-electron chi connectivity index (χ4n) is 3.34. The molecule has 1 unspecified atom stereocenters. The Morgan fingerprint density at radius 2 is 1.70 bits per heavy atom. The molecule has 1 saturated heterocycles. The van der Waals surface area contributed by atoms with E-state index >= 15 is 0 Å². The molecule has 0 saturated carbocycles. The zero-order valence-corrected chi connectivity index (χ0v) is 18.4. The first-order chi connectivity index (χ1) is 14.2. The Morgan fingerprint density at radius 3 is 2.33 bits per heavy atom. The van der Waals surface area contributed by atoms with Crippen LogP contribution in [0.3, 0.4) is 0 Å². The Morgan fingerprint density at radius 1 is 1.03 bits per heavy atom. The average molecular weight is 450 g/mol. The van der Waals surface area contributed by atoms with Crippen LogP contribution in [0, 0.1) is 6.92 Å². The third-order valence-corrected chi connectivity index (χ3v) is 7.40. The van der Waals surface area contributed by atoms with Gasteiger partial charge in [0.25, 0.3) is 5.91 Å².